The van der Waals surface area contributed by atoms with Crippen LogP contribution < -0.4 is 5.73 Å². The molecule has 86 valence electrons. The number of anilines is 1. The second-order valence-corrected chi connectivity index (χ2v) is 3.69. The Labute approximate surface area is 93.5 Å². The Hall–Kier alpha value is -2.04. The molecule has 1 rings (SSSR count). The Morgan fingerprint density at radius 2 is 2.00 bits per heavy atom. The van der Waals surface area contributed by atoms with Gasteiger partial charge in [-0.05, 0) is 17.7 Å². The maximum Gasteiger partial charge on any atom is 0.307 e. The smallest absolute Gasteiger partial charge is 0.307 e. The van der Waals surface area contributed by atoms with Gasteiger partial charge in [-0.2, -0.15) is 0 Å². The Bertz CT molecular complexity index is 427. The van der Waals surface area contributed by atoms with Gasteiger partial charge in [0.05, 0.1) is 12.0 Å². The molecule has 5 nitrogen and oxygen atoms in total. The molecule has 0 aliphatic rings. The monoisotopic (exact) mass is 222 g/mol. The topological polar surface area (TPSA) is 83.6 Å². The van der Waals surface area contributed by atoms with Crippen LogP contribution in [0.5, 0.6) is 0 Å². The van der Waals surface area contributed by atoms with E-state index >= 15 is 0 Å². The average molecular weight is 222 g/mol. The first-order valence-corrected chi connectivity index (χ1v) is 4.73. The van der Waals surface area contributed by atoms with E-state index < -0.39 is 5.97 Å². The summed E-state index contributed by atoms with van der Waals surface area (Å²) in [6, 6.07) is 4.68. The molecule has 0 aliphatic heterocycles. The fourth-order valence-corrected chi connectivity index (χ4v) is 1.31. The average Bonchev–Trinajstić information content (AvgIpc) is 2.19. The van der Waals surface area contributed by atoms with Gasteiger partial charge in [0.25, 0.3) is 5.91 Å². The van der Waals surface area contributed by atoms with Crippen molar-refractivity contribution in [3.63, 3.8) is 0 Å². The summed E-state index contributed by atoms with van der Waals surface area (Å²) < 4.78 is 0. The van der Waals surface area contributed by atoms with Gasteiger partial charge in [-0.25, -0.2) is 0 Å². The van der Waals surface area contributed by atoms with Gasteiger partial charge in [0.15, 0.2) is 0 Å². The molecule has 1 amide bonds. The molecule has 3 N–H and O–H groups in total. The minimum absolute atomic E-state index is 0.117. The number of hydrogen-bond donors (Lipinski definition) is 2. The number of carbonyl (C=O) groups is 2. The lowest BCUT2D eigenvalue weighted by atomic mass is 10.1. The van der Waals surface area contributed by atoms with Crippen LogP contribution in [0.3, 0.4) is 0 Å². The molecule has 1 aromatic rings. The van der Waals surface area contributed by atoms with Crippen molar-refractivity contribution >= 4 is 17.6 Å². The summed E-state index contributed by atoms with van der Waals surface area (Å²) in [7, 11) is 3.23. The van der Waals surface area contributed by atoms with Crippen molar-refractivity contribution in [3.8, 4) is 0 Å². The third-order valence-electron chi connectivity index (χ3n) is 2.11. The lowest BCUT2D eigenvalue weighted by Gasteiger charge is -2.12. The molecule has 0 aromatic heterocycles. The number of hydrogen-bond acceptors (Lipinski definition) is 3. The second-order valence-electron chi connectivity index (χ2n) is 3.69. The third kappa shape index (κ3) is 2.73. The van der Waals surface area contributed by atoms with Crippen molar-refractivity contribution in [2.24, 2.45) is 0 Å². The Balaban J connectivity index is 3.08. The van der Waals surface area contributed by atoms with E-state index in [1.165, 1.54) is 11.0 Å². The number of nitrogens with zero attached hydrogens (tertiary/aromatic N) is 1. The van der Waals surface area contributed by atoms with E-state index in [4.69, 9.17) is 10.8 Å². The quantitative estimate of drug-likeness (QED) is 0.733. The largest absolute Gasteiger partial charge is 0.481 e. The summed E-state index contributed by atoms with van der Waals surface area (Å²) >= 11 is 0. The SMILES string of the molecule is CN(C)C(=O)c1cc(CC(=O)O)ccc1N. The summed E-state index contributed by atoms with van der Waals surface area (Å²) in [5.41, 5.74) is 6.92. The minimum atomic E-state index is -0.937. The summed E-state index contributed by atoms with van der Waals surface area (Å²) in [4.78, 5) is 23.6. The van der Waals surface area contributed by atoms with E-state index in [2.05, 4.69) is 0 Å². The van der Waals surface area contributed by atoms with E-state index in [1.807, 2.05) is 0 Å². The highest BCUT2D eigenvalue weighted by Crippen LogP contribution is 2.16. The van der Waals surface area contributed by atoms with E-state index in [1.54, 1.807) is 26.2 Å². The van der Waals surface area contributed by atoms with Crippen LogP contribution in [0, 0.1) is 0 Å². The fraction of sp³-hybridized carbons (Fsp3) is 0.273. The molecule has 0 saturated heterocycles. The number of carboxylic acids is 1. The number of amides is 1. The number of nitrogens with two attached hydrogens (primary N) is 1. The van der Waals surface area contributed by atoms with Crippen LogP contribution in [0.25, 0.3) is 0 Å². The molecular formula is C11H14N2O3. The lowest BCUT2D eigenvalue weighted by molar-refractivity contribution is -0.136. The minimum Gasteiger partial charge on any atom is -0.481 e. The Morgan fingerprint density at radius 1 is 1.38 bits per heavy atom. The zero-order chi connectivity index (χ0) is 12.3. The van der Waals surface area contributed by atoms with E-state index in [9.17, 15) is 9.59 Å². The standard InChI is InChI=1S/C11H14N2O3/c1-13(2)11(16)8-5-7(6-10(14)15)3-4-9(8)12/h3-5H,6,12H2,1-2H3,(H,14,15). The molecule has 0 aliphatic carbocycles. The molecular weight excluding hydrogens is 208 g/mol. The van der Waals surface area contributed by atoms with Crippen LogP contribution in [0.1, 0.15) is 15.9 Å². The van der Waals surface area contributed by atoms with Crippen molar-refractivity contribution in [2.75, 3.05) is 19.8 Å². The maximum absolute atomic E-state index is 11.7. The van der Waals surface area contributed by atoms with Crippen LogP contribution in [-0.2, 0) is 11.2 Å². The molecule has 0 heterocycles. The third-order valence-corrected chi connectivity index (χ3v) is 2.11. The van der Waals surface area contributed by atoms with Crippen LogP contribution in [0.4, 0.5) is 5.69 Å². The molecule has 0 bridgehead atoms. The molecule has 16 heavy (non-hydrogen) atoms. The first-order chi connectivity index (χ1) is 7.41. The van der Waals surface area contributed by atoms with Crippen molar-refractivity contribution < 1.29 is 14.7 Å². The van der Waals surface area contributed by atoms with E-state index in [-0.39, 0.29) is 12.3 Å². The molecule has 0 saturated carbocycles. The highest BCUT2D eigenvalue weighted by Gasteiger charge is 2.13. The maximum atomic E-state index is 11.7. The number of carboxylic acid groups (broad SMARTS) is 1. The van der Waals surface area contributed by atoms with E-state index in [0.717, 1.165) is 0 Å². The number of rotatable bonds is 3. The van der Waals surface area contributed by atoms with Gasteiger partial charge < -0.3 is 15.7 Å². The number of nitrogen functional groups attached to an aromatic ring is 1. The highest BCUT2D eigenvalue weighted by molar-refractivity contribution is 5.99. The summed E-state index contributed by atoms with van der Waals surface area (Å²) in [6.45, 7) is 0. The zero-order valence-electron chi connectivity index (χ0n) is 9.23. The Morgan fingerprint density at radius 3 is 2.50 bits per heavy atom. The first-order valence-electron chi connectivity index (χ1n) is 4.73. The predicted molar refractivity (Wildman–Crippen MR) is 60.2 cm³/mol. The second kappa shape index (κ2) is 4.65. The molecule has 0 radical (unpaired) electrons. The van der Waals surface area contributed by atoms with Gasteiger partial charge in [0.1, 0.15) is 0 Å². The molecule has 0 spiro atoms. The first kappa shape index (κ1) is 12.0. The molecule has 0 fully saturated rings. The predicted octanol–water partition coefficient (Wildman–Crippen LogP) is 0.598. The summed E-state index contributed by atoms with van der Waals surface area (Å²) in [5, 5.41) is 8.65. The molecule has 1 aromatic carbocycles. The molecule has 0 unspecified atom stereocenters. The number of carbonyl (C=O) groups excluding carboxylic acids is 1. The summed E-state index contributed by atoms with van der Waals surface area (Å²) in [6.07, 6.45) is -0.117. The van der Waals surface area contributed by atoms with Crippen LogP contribution in [-0.4, -0.2) is 36.0 Å². The summed E-state index contributed by atoms with van der Waals surface area (Å²) in [5.74, 6) is -1.17. The van der Waals surface area contributed by atoms with Gasteiger partial charge in [0.2, 0.25) is 0 Å². The van der Waals surface area contributed by atoms with Crippen LogP contribution in [0.15, 0.2) is 18.2 Å². The number of aliphatic carboxylic acids is 1. The van der Waals surface area contributed by atoms with E-state index in [0.29, 0.717) is 16.8 Å². The Kier molecular flexibility index (Phi) is 3.50. The van der Waals surface area contributed by atoms with Crippen molar-refractivity contribution in [3.05, 3.63) is 29.3 Å². The van der Waals surface area contributed by atoms with Gasteiger partial charge in [-0.3, -0.25) is 9.59 Å². The molecule has 0 atom stereocenters. The van der Waals surface area contributed by atoms with Gasteiger partial charge in [-0.15, -0.1) is 0 Å². The fourth-order valence-electron chi connectivity index (χ4n) is 1.31. The van der Waals surface area contributed by atoms with Crippen LogP contribution in [0.2, 0.25) is 0 Å². The lowest BCUT2D eigenvalue weighted by Crippen LogP contribution is -2.23. The van der Waals surface area contributed by atoms with Crippen LogP contribution >= 0.6 is 0 Å². The van der Waals surface area contributed by atoms with Crippen molar-refractivity contribution in [2.45, 2.75) is 6.42 Å². The van der Waals surface area contributed by atoms with Gasteiger partial charge >= 0.3 is 5.97 Å². The zero-order valence-corrected chi connectivity index (χ0v) is 9.23. The highest BCUT2D eigenvalue weighted by atomic mass is 16.4. The van der Waals surface area contributed by atoms with Crippen molar-refractivity contribution in [1.29, 1.82) is 0 Å². The van der Waals surface area contributed by atoms with Gasteiger partial charge in [0, 0.05) is 19.8 Å². The molecule has 5 heteroatoms. The van der Waals surface area contributed by atoms with Crippen molar-refractivity contribution in [1.82, 2.24) is 4.90 Å². The number of benzene rings is 1. The normalized spacial score (nSPS) is 9.88. The van der Waals surface area contributed by atoms with Gasteiger partial charge in [-0.1, -0.05) is 6.07 Å².